The van der Waals surface area contributed by atoms with Crippen molar-refractivity contribution in [3.8, 4) is 0 Å². The molecular weight excluding hydrogens is 196 g/mol. The van der Waals surface area contributed by atoms with Crippen molar-refractivity contribution in [1.29, 1.82) is 0 Å². The minimum absolute atomic E-state index is 0.0503. The molecule has 1 saturated heterocycles. The fraction of sp³-hybridized carbons (Fsp3) is 1.00. The topological polar surface area (TPSA) is 36.9 Å². The van der Waals surface area contributed by atoms with Crippen molar-refractivity contribution in [1.82, 2.24) is 0 Å². The average molecular weight is 218 g/mol. The second-order valence-corrected chi connectivity index (χ2v) is 4.25. The third-order valence-electron chi connectivity index (χ3n) is 2.46. The van der Waals surface area contributed by atoms with Gasteiger partial charge in [-0.2, -0.15) is 0 Å². The van der Waals surface area contributed by atoms with E-state index in [1.165, 1.54) is 0 Å². The van der Waals surface area contributed by atoms with E-state index in [0.29, 0.717) is 19.8 Å². The third kappa shape index (κ3) is 4.47. The van der Waals surface area contributed by atoms with Gasteiger partial charge in [-0.1, -0.05) is 6.92 Å². The minimum atomic E-state index is -0.459. The molecule has 0 amide bonds. The molecule has 0 aromatic rings. The van der Waals surface area contributed by atoms with Gasteiger partial charge in [0, 0.05) is 7.11 Å². The summed E-state index contributed by atoms with van der Waals surface area (Å²) in [4.78, 5) is 0. The van der Waals surface area contributed by atoms with Crippen molar-refractivity contribution in [2.75, 3.05) is 26.9 Å². The summed E-state index contributed by atoms with van der Waals surface area (Å²) in [6, 6.07) is 0. The highest BCUT2D eigenvalue weighted by atomic mass is 16.7. The Hall–Kier alpha value is -0.160. The van der Waals surface area contributed by atoms with Gasteiger partial charge in [0.25, 0.3) is 0 Å². The van der Waals surface area contributed by atoms with Crippen LogP contribution in [-0.2, 0) is 18.9 Å². The average Bonchev–Trinajstić information content (AvgIpc) is 2.53. The lowest BCUT2D eigenvalue weighted by Crippen LogP contribution is -2.26. The fourth-order valence-corrected chi connectivity index (χ4v) is 1.53. The van der Waals surface area contributed by atoms with Gasteiger partial charge >= 0.3 is 0 Å². The van der Waals surface area contributed by atoms with Gasteiger partial charge in [-0.15, -0.1) is 0 Å². The van der Waals surface area contributed by atoms with Crippen LogP contribution in [0.2, 0.25) is 0 Å². The molecule has 0 N–H and O–H groups in total. The van der Waals surface area contributed by atoms with E-state index in [1.807, 2.05) is 13.8 Å². The van der Waals surface area contributed by atoms with Gasteiger partial charge in [-0.25, -0.2) is 0 Å². The molecule has 1 rings (SSSR count). The quantitative estimate of drug-likeness (QED) is 0.678. The molecule has 1 aliphatic rings. The molecule has 4 nitrogen and oxygen atoms in total. The number of hydrogen-bond acceptors (Lipinski definition) is 4. The Bertz CT molecular complexity index is 177. The van der Waals surface area contributed by atoms with Crippen LogP contribution in [0, 0.1) is 0 Å². The largest absolute Gasteiger partial charge is 0.379 e. The van der Waals surface area contributed by atoms with Gasteiger partial charge < -0.3 is 18.9 Å². The summed E-state index contributed by atoms with van der Waals surface area (Å²) in [5, 5.41) is 0. The maximum absolute atomic E-state index is 5.61. The molecule has 0 saturated carbocycles. The van der Waals surface area contributed by atoms with Crippen LogP contribution in [0.1, 0.15) is 27.2 Å². The normalized spacial score (nSPS) is 26.8. The second kappa shape index (κ2) is 5.80. The molecule has 0 aromatic heterocycles. The van der Waals surface area contributed by atoms with Crippen LogP contribution in [0.5, 0.6) is 0 Å². The Balaban J connectivity index is 2.11. The maximum Gasteiger partial charge on any atom is 0.163 e. The summed E-state index contributed by atoms with van der Waals surface area (Å²) < 4.78 is 21.8. The number of hydrogen-bond donors (Lipinski definition) is 0. The van der Waals surface area contributed by atoms with Gasteiger partial charge in [-0.05, 0) is 20.3 Å². The van der Waals surface area contributed by atoms with E-state index in [9.17, 15) is 0 Å². The van der Waals surface area contributed by atoms with Crippen LogP contribution < -0.4 is 0 Å². The van der Waals surface area contributed by atoms with Gasteiger partial charge in [0.05, 0.1) is 25.9 Å². The van der Waals surface area contributed by atoms with Gasteiger partial charge in [0.1, 0.15) is 6.10 Å². The SMILES string of the molecule is CCC(COCC1COC(C)(C)O1)OC. The van der Waals surface area contributed by atoms with Crippen molar-refractivity contribution in [2.45, 2.75) is 45.2 Å². The molecule has 1 fully saturated rings. The summed E-state index contributed by atoms with van der Waals surface area (Å²) in [5.74, 6) is -0.459. The van der Waals surface area contributed by atoms with Crippen molar-refractivity contribution in [2.24, 2.45) is 0 Å². The molecule has 15 heavy (non-hydrogen) atoms. The summed E-state index contributed by atoms with van der Waals surface area (Å²) in [5.41, 5.74) is 0. The van der Waals surface area contributed by atoms with Crippen LogP contribution in [0.3, 0.4) is 0 Å². The van der Waals surface area contributed by atoms with E-state index in [-0.39, 0.29) is 12.2 Å². The lowest BCUT2D eigenvalue weighted by molar-refractivity contribution is -0.146. The molecule has 1 heterocycles. The Morgan fingerprint density at radius 1 is 1.47 bits per heavy atom. The molecule has 0 spiro atoms. The first-order chi connectivity index (χ1) is 7.07. The highest BCUT2D eigenvalue weighted by molar-refractivity contribution is 4.70. The van der Waals surface area contributed by atoms with Crippen molar-refractivity contribution < 1.29 is 18.9 Å². The first kappa shape index (κ1) is 12.9. The van der Waals surface area contributed by atoms with E-state index in [0.717, 1.165) is 6.42 Å². The Morgan fingerprint density at radius 2 is 2.20 bits per heavy atom. The van der Waals surface area contributed by atoms with E-state index in [1.54, 1.807) is 7.11 Å². The molecule has 2 unspecified atom stereocenters. The molecule has 90 valence electrons. The Morgan fingerprint density at radius 3 is 2.67 bits per heavy atom. The van der Waals surface area contributed by atoms with Crippen LogP contribution in [0.25, 0.3) is 0 Å². The Kier molecular flexibility index (Phi) is 4.99. The van der Waals surface area contributed by atoms with E-state index < -0.39 is 5.79 Å². The second-order valence-electron chi connectivity index (χ2n) is 4.25. The first-order valence-corrected chi connectivity index (χ1v) is 5.49. The van der Waals surface area contributed by atoms with Crippen LogP contribution in [0.4, 0.5) is 0 Å². The molecule has 0 aliphatic carbocycles. The molecule has 0 bridgehead atoms. The standard InChI is InChI=1S/C11H22O4/c1-5-9(12-4)6-13-7-10-8-14-11(2,3)15-10/h9-10H,5-8H2,1-4H3. The first-order valence-electron chi connectivity index (χ1n) is 5.49. The predicted molar refractivity (Wildman–Crippen MR) is 56.8 cm³/mol. The highest BCUT2D eigenvalue weighted by Gasteiger charge is 2.32. The summed E-state index contributed by atoms with van der Waals surface area (Å²) in [6.45, 7) is 7.71. The van der Waals surface area contributed by atoms with Crippen molar-refractivity contribution in [3.63, 3.8) is 0 Å². The smallest absolute Gasteiger partial charge is 0.163 e. The number of rotatable bonds is 6. The number of ether oxygens (including phenoxy) is 4. The predicted octanol–water partition coefficient (Wildman–Crippen LogP) is 1.58. The summed E-state index contributed by atoms with van der Waals surface area (Å²) in [7, 11) is 1.70. The zero-order chi connectivity index (χ0) is 11.3. The monoisotopic (exact) mass is 218 g/mol. The van der Waals surface area contributed by atoms with E-state index >= 15 is 0 Å². The Labute approximate surface area is 91.8 Å². The lowest BCUT2D eigenvalue weighted by atomic mass is 10.3. The highest BCUT2D eigenvalue weighted by Crippen LogP contribution is 2.22. The minimum Gasteiger partial charge on any atom is -0.379 e. The molecule has 1 aliphatic heterocycles. The zero-order valence-corrected chi connectivity index (χ0v) is 10.1. The van der Waals surface area contributed by atoms with E-state index in [4.69, 9.17) is 18.9 Å². The lowest BCUT2D eigenvalue weighted by Gasteiger charge is -2.18. The molecule has 4 heteroatoms. The van der Waals surface area contributed by atoms with Crippen LogP contribution >= 0.6 is 0 Å². The molecule has 0 radical (unpaired) electrons. The van der Waals surface area contributed by atoms with Crippen LogP contribution in [0.15, 0.2) is 0 Å². The van der Waals surface area contributed by atoms with Gasteiger partial charge in [-0.3, -0.25) is 0 Å². The molecule has 2 atom stereocenters. The maximum atomic E-state index is 5.61. The zero-order valence-electron chi connectivity index (χ0n) is 10.1. The number of methoxy groups -OCH3 is 1. The van der Waals surface area contributed by atoms with E-state index in [2.05, 4.69) is 6.92 Å². The van der Waals surface area contributed by atoms with Gasteiger partial charge in [0.2, 0.25) is 0 Å². The third-order valence-corrected chi connectivity index (χ3v) is 2.46. The van der Waals surface area contributed by atoms with Crippen molar-refractivity contribution >= 4 is 0 Å². The van der Waals surface area contributed by atoms with Crippen LogP contribution in [-0.4, -0.2) is 44.9 Å². The summed E-state index contributed by atoms with van der Waals surface area (Å²) in [6.07, 6.45) is 1.19. The van der Waals surface area contributed by atoms with Gasteiger partial charge in [0.15, 0.2) is 5.79 Å². The molecule has 0 aromatic carbocycles. The molecular formula is C11H22O4. The summed E-state index contributed by atoms with van der Waals surface area (Å²) >= 11 is 0. The van der Waals surface area contributed by atoms with Crippen molar-refractivity contribution in [3.05, 3.63) is 0 Å². The fourth-order valence-electron chi connectivity index (χ4n) is 1.53.